The number of nitrogen functional groups attached to an aromatic ring is 1. The number of amidine groups is 1. The largest absolute Gasteiger partial charge is 0.466 e. The second-order valence-electron chi connectivity index (χ2n) is 7.27. The van der Waals surface area contributed by atoms with E-state index in [4.69, 9.17) is 25.4 Å². The van der Waals surface area contributed by atoms with Crippen LogP contribution >= 0.6 is 0 Å². The summed E-state index contributed by atoms with van der Waals surface area (Å²) in [5, 5.41) is 12.8. The van der Waals surface area contributed by atoms with Crippen LogP contribution < -0.4 is 25.8 Å². The van der Waals surface area contributed by atoms with Crippen LogP contribution in [0.4, 0.5) is 5.69 Å². The van der Waals surface area contributed by atoms with Crippen molar-refractivity contribution in [1.29, 1.82) is 5.41 Å². The first kappa shape index (κ1) is 23.6. The molecule has 0 radical (unpaired) electrons. The smallest absolute Gasteiger partial charge is 0.308 e. The van der Waals surface area contributed by atoms with Gasteiger partial charge in [-0.15, -0.1) is 0 Å². The van der Waals surface area contributed by atoms with Gasteiger partial charge in [0, 0.05) is 24.1 Å². The minimum atomic E-state index is -0.899. The highest BCUT2D eigenvalue weighted by Crippen LogP contribution is 2.35. The lowest BCUT2D eigenvalue weighted by Crippen LogP contribution is -2.48. The van der Waals surface area contributed by atoms with Crippen LogP contribution in [0.15, 0.2) is 48.5 Å². The van der Waals surface area contributed by atoms with Crippen molar-refractivity contribution in [2.75, 3.05) is 11.9 Å². The first-order valence-corrected chi connectivity index (χ1v) is 10.5. The Morgan fingerprint density at radius 2 is 1.64 bits per heavy atom. The quantitative estimate of drug-likeness (QED) is 0.243. The van der Waals surface area contributed by atoms with Gasteiger partial charge in [0.15, 0.2) is 11.5 Å². The summed E-state index contributed by atoms with van der Waals surface area (Å²) < 4.78 is 16.5. The summed E-state index contributed by atoms with van der Waals surface area (Å²) in [5.74, 6) is -0.336. The minimum Gasteiger partial charge on any atom is -0.466 e. The van der Waals surface area contributed by atoms with Crippen LogP contribution in [0.25, 0.3) is 0 Å². The molecule has 0 unspecified atom stereocenters. The van der Waals surface area contributed by atoms with Crippen molar-refractivity contribution in [2.45, 2.75) is 38.5 Å². The zero-order chi connectivity index (χ0) is 23.8. The molecule has 174 valence electrons. The molecule has 0 aromatic heterocycles. The Morgan fingerprint density at radius 1 is 1.03 bits per heavy atom. The highest BCUT2D eigenvalue weighted by atomic mass is 16.7. The number of esters is 1. The summed E-state index contributed by atoms with van der Waals surface area (Å²) in [6.07, 6.45) is -1.22. The number of carbonyl (C=O) groups is 3. The fraction of sp³-hybridized carbons (Fsp3) is 0.304. The fourth-order valence-electron chi connectivity index (χ4n) is 3.16. The van der Waals surface area contributed by atoms with Crippen LogP contribution in [0.2, 0.25) is 0 Å². The average molecular weight is 454 g/mol. The predicted octanol–water partition coefficient (Wildman–Crippen LogP) is 1.92. The molecule has 2 aromatic carbocycles. The number of para-hydroxylation sites is 2. The van der Waals surface area contributed by atoms with Gasteiger partial charge in [-0.1, -0.05) is 12.1 Å². The molecule has 2 amide bonds. The van der Waals surface area contributed by atoms with Gasteiger partial charge < -0.3 is 30.6 Å². The molecule has 33 heavy (non-hydrogen) atoms. The van der Waals surface area contributed by atoms with E-state index in [2.05, 4.69) is 10.6 Å². The summed E-state index contributed by atoms with van der Waals surface area (Å²) in [7, 11) is 0. The van der Waals surface area contributed by atoms with Crippen molar-refractivity contribution in [3.05, 3.63) is 54.1 Å². The minimum absolute atomic E-state index is 0.0692. The summed E-state index contributed by atoms with van der Waals surface area (Å²) in [4.78, 5) is 36.7. The maximum Gasteiger partial charge on any atom is 0.308 e. The SMILES string of the molecule is CCOC(=O)C[C@H](NC(=O)CCC(=O)Nc1ccc(C(=N)N)cc1)C1Oc2ccccc2O1. The second-order valence-corrected chi connectivity index (χ2v) is 7.27. The van der Waals surface area contributed by atoms with Gasteiger partial charge in [0.25, 0.3) is 6.29 Å². The van der Waals surface area contributed by atoms with Crippen molar-refractivity contribution in [3.63, 3.8) is 0 Å². The Bertz CT molecular complexity index is 999. The van der Waals surface area contributed by atoms with Crippen molar-refractivity contribution < 1.29 is 28.6 Å². The Labute approximate surface area is 190 Å². The van der Waals surface area contributed by atoms with Crippen LogP contribution in [0, 0.1) is 5.41 Å². The van der Waals surface area contributed by atoms with Crippen LogP contribution in [-0.4, -0.2) is 42.6 Å². The molecule has 3 rings (SSSR count). The first-order chi connectivity index (χ1) is 15.9. The van der Waals surface area contributed by atoms with Gasteiger partial charge in [0.1, 0.15) is 11.9 Å². The lowest BCUT2D eigenvalue weighted by molar-refractivity contribution is -0.145. The molecule has 0 spiro atoms. The van der Waals surface area contributed by atoms with E-state index >= 15 is 0 Å². The number of nitrogens with one attached hydrogen (secondary N) is 3. The third-order valence-corrected chi connectivity index (χ3v) is 4.76. The van der Waals surface area contributed by atoms with E-state index < -0.39 is 24.2 Å². The lowest BCUT2D eigenvalue weighted by atomic mass is 10.1. The number of benzene rings is 2. The molecule has 10 nitrogen and oxygen atoms in total. The number of nitrogens with two attached hydrogens (primary N) is 1. The molecule has 1 aliphatic heterocycles. The summed E-state index contributed by atoms with van der Waals surface area (Å²) in [6, 6.07) is 12.7. The van der Waals surface area contributed by atoms with Crippen LogP contribution in [-0.2, 0) is 19.1 Å². The number of amides is 2. The number of anilines is 1. The van der Waals surface area contributed by atoms with Crippen molar-refractivity contribution in [2.24, 2.45) is 5.73 Å². The predicted molar refractivity (Wildman–Crippen MR) is 120 cm³/mol. The highest BCUT2D eigenvalue weighted by Gasteiger charge is 2.34. The number of fused-ring (bicyclic) bond motifs is 1. The number of hydrogen-bond donors (Lipinski definition) is 4. The monoisotopic (exact) mass is 454 g/mol. The molecular formula is C23H26N4O6. The molecule has 0 saturated heterocycles. The van der Waals surface area contributed by atoms with Gasteiger partial charge in [-0.2, -0.15) is 0 Å². The topological polar surface area (TPSA) is 153 Å². The van der Waals surface area contributed by atoms with Crippen molar-refractivity contribution in [1.82, 2.24) is 5.32 Å². The normalized spacial score (nSPS) is 13.1. The Kier molecular flexibility index (Phi) is 7.85. The molecule has 2 aromatic rings. The third-order valence-electron chi connectivity index (χ3n) is 4.76. The van der Waals surface area contributed by atoms with Gasteiger partial charge in [-0.05, 0) is 43.3 Å². The zero-order valence-electron chi connectivity index (χ0n) is 18.1. The Balaban J connectivity index is 1.53. The van der Waals surface area contributed by atoms with Crippen molar-refractivity contribution >= 4 is 29.3 Å². The van der Waals surface area contributed by atoms with Crippen LogP contribution in [0.5, 0.6) is 11.5 Å². The van der Waals surface area contributed by atoms with Gasteiger partial charge in [0.05, 0.1) is 13.0 Å². The number of rotatable bonds is 10. The molecular weight excluding hydrogens is 428 g/mol. The Morgan fingerprint density at radius 3 is 2.21 bits per heavy atom. The second kappa shape index (κ2) is 11.0. The van der Waals surface area contributed by atoms with Crippen molar-refractivity contribution in [3.8, 4) is 11.5 Å². The third kappa shape index (κ3) is 6.70. The van der Waals surface area contributed by atoms with E-state index in [1.54, 1.807) is 55.5 Å². The van der Waals surface area contributed by atoms with Crippen LogP contribution in [0.3, 0.4) is 0 Å². The molecule has 0 aliphatic carbocycles. The summed E-state index contributed by atoms with van der Waals surface area (Å²) in [6.45, 7) is 1.90. The molecule has 0 fully saturated rings. The van der Waals surface area contributed by atoms with E-state index in [0.29, 0.717) is 22.7 Å². The Hall–Kier alpha value is -4.08. The summed E-state index contributed by atoms with van der Waals surface area (Å²) in [5.41, 5.74) is 6.47. The average Bonchev–Trinajstić information content (AvgIpc) is 3.22. The number of hydrogen-bond acceptors (Lipinski definition) is 7. The standard InChI is InChI=1S/C23H26N4O6/c1-2-31-21(30)13-16(23-32-17-5-3-4-6-18(17)33-23)27-20(29)12-11-19(28)26-15-9-7-14(8-10-15)22(24)25/h3-10,16,23H,2,11-13H2,1H3,(H3,24,25)(H,26,28)(H,27,29)/t16-/m0/s1. The molecule has 1 atom stereocenters. The maximum absolute atomic E-state index is 12.5. The molecule has 0 saturated carbocycles. The fourth-order valence-corrected chi connectivity index (χ4v) is 3.16. The highest BCUT2D eigenvalue weighted by molar-refractivity contribution is 5.96. The molecule has 5 N–H and O–H groups in total. The van der Waals surface area contributed by atoms with E-state index in [-0.39, 0.29) is 37.6 Å². The van der Waals surface area contributed by atoms with Gasteiger partial charge in [-0.25, -0.2) is 0 Å². The van der Waals surface area contributed by atoms with E-state index in [9.17, 15) is 14.4 Å². The van der Waals surface area contributed by atoms with Gasteiger partial charge in [0.2, 0.25) is 11.8 Å². The van der Waals surface area contributed by atoms with Crippen LogP contribution in [0.1, 0.15) is 31.7 Å². The molecule has 0 bridgehead atoms. The lowest BCUT2D eigenvalue weighted by Gasteiger charge is -2.23. The number of ether oxygens (including phenoxy) is 3. The van der Waals surface area contributed by atoms with Gasteiger partial charge >= 0.3 is 5.97 Å². The first-order valence-electron chi connectivity index (χ1n) is 10.5. The van der Waals surface area contributed by atoms with E-state index in [0.717, 1.165) is 0 Å². The maximum atomic E-state index is 12.5. The van der Waals surface area contributed by atoms with E-state index in [1.807, 2.05) is 0 Å². The molecule has 10 heteroatoms. The zero-order valence-corrected chi connectivity index (χ0v) is 18.1. The molecule has 1 aliphatic rings. The van der Waals surface area contributed by atoms with Gasteiger partial charge in [-0.3, -0.25) is 19.8 Å². The van der Waals surface area contributed by atoms with E-state index in [1.165, 1.54) is 0 Å². The molecule has 1 heterocycles. The summed E-state index contributed by atoms with van der Waals surface area (Å²) >= 11 is 0. The number of carbonyl (C=O) groups excluding carboxylic acids is 3.